The van der Waals surface area contributed by atoms with Gasteiger partial charge in [0.1, 0.15) is 5.76 Å². The zero-order valence-electron chi connectivity index (χ0n) is 15.5. The molecule has 0 amide bonds. The van der Waals surface area contributed by atoms with Gasteiger partial charge in [0.15, 0.2) is 0 Å². The first-order chi connectivity index (χ1) is 12.6. The minimum Gasteiger partial charge on any atom is -0.505 e. The molecule has 0 spiro atoms. The lowest BCUT2D eigenvalue weighted by molar-refractivity contribution is 0.0422. The van der Waals surface area contributed by atoms with Gasteiger partial charge in [0, 0.05) is 44.9 Å². The molecule has 0 saturated carbocycles. The Hall–Kier alpha value is -2.52. The van der Waals surface area contributed by atoms with E-state index >= 15 is 0 Å². The van der Waals surface area contributed by atoms with E-state index in [1.807, 2.05) is 49.3 Å². The molecular formula is C22H26N2O2. The average Bonchev–Trinajstić information content (AvgIpc) is 2.67. The van der Waals surface area contributed by atoms with E-state index in [1.165, 1.54) is 0 Å². The number of aliphatic hydroxyl groups is 1. The van der Waals surface area contributed by atoms with Crippen LogP contribution in [-0.2, 0) is 4.74 Å². The molecule has 1 saturated heterocycles. The third-order valence-corrected chi connectivity index (χ3v) is 4.68. The highest BCUT2D eigenvalue weighted by atomic mass is 16.5. The molecule has 1 aliphatic heterocycles. The first-order valence-electron chi connectivity index (χ1n) is 8.89. The van der Waals surface area contributed by atoms with Crippen LogP contribution in [0.2, 0.25) is 0 Å². The van der Waals surface area contributed by atoms with E-state index in [2.05, 4.69) is 29.3 Å². The van der Waals surface area contributed by atoms with Gasteiger partial charge in [0.25, 0.3) is 0 Å². The summed E-state index contributed by atoms with van der Waals surface area (Å²) in [5.41, 5.74) is 5.48. The van der Waals surface area contributed by atoms with Crippen LogP contribution in [-0.4, -0.2) is 61.8 Å². The number of likely N-dealkylation sites (N-methyl/N-ethyl adjacent to an activating group) is 1. The van der Waals surface area contributed by atoms with Gasteiger partial charge >= 0.3 is 0 Å². The molecule has 1 fully saturated rings. The molecule has 2 aromatic carbocycles. The molecule has 0 atom stereocenters. The Morgan fingerprint density at radius 2 is 1.85 bits per heavy atom. The molecule has 4 nitrogen and oxygen atoms in total. The molecule has 3 rings (SSSR count). The van der Waals surface area contributed by atoms with E-state index in [-0.39, 0.29) is 5.76 Å². The van der Waals surface area contributed by atoms with E-state index in [1.54, 1.807) is 0 Å². The fourth-order valence-corrected chi connectivity index (χ4v) is 3.30. The number of hydrogen-bond acceptors (Lipinski definition) is 4. The summed E-state index contributed by atoms with van der Waals surface area (Å²) >= 11 is 0. The minimum absolute atomic E-state index is 0.250. The highest BCUT2D eigenvalue weighted by Gasteiger charge is 2.19. The van der Waals surface area contributed by atoms with Crippen LogP contribution in [0.15, 0.2) is 66.0 Å². The van der Waals surface area contributed by atoms with Crippen molar-refractivity contribution in [2.45, 2.75) is 0 Å². The number of ether oxygens (including phenoxy) is 1. The fraction of sp³-hybridized carbons (Fsp3) is 0.318. The lowest BCUT2D eigenvalue weighted by Crippen LogP contribution is -2.38. The van der Waals surface area contributed by atoms with E-state index in [4.69, 9.17) is 4.74 Å². The van der Waals surface area contributed by atoms with Crippen LogP contribution < -0.4 is 0 Å². The Morgan fingerprint density at radius 1 is 1.15 bits per heavy atom. The van der Waals surface area contributed by atoms with E-state index in [9.17, 15) is 5.11 Å². The molecule has 0 radical (unpaired) electrons. The largest absolute Gasteiger partial charge is 0.505 e. The van der Waals surface area contributed by atoms with Gasteiger partial charge in [0.2, 0.25) is 0 Å². The Labute approximate surface area is 155 Å². The van der Waals surface area contributed by atoms with Gasteiger partial charge in [-0.1, -0.05) is 43.0 Å². The Bertz CT molecular complexity index is 857. The summed E-state index contributed by atoms with van der Waals surface area (Å²) in [5, 5.41) is 13.3. The van der Waals surface area contributed by atoms with Gasteiger partial charge < -0.3 is 14.7 Å². The molecule has 1 heterocycles. The van der Waals surface area contributed by atoms with Gasteiger partial charge in [-0.3, -0.25) is 4.90 Å². The summed E-state index contributed by atoms with van der Waals surface area (Å²) in [6, 6.07) is 14.2. The standard InChI is InChI=1S/C22H26N2O2/c1-4-17(16-24-11-13-26-14-12-24)21(23(2)3)22(25)20-10-9-18-7-5-6-8-19(18)15-20/h5-10,15,25H,1,11-14,16H2,2-3H3/b22-21+. The number of benzene rings is 2. The zero-order valence-corrected chi connectivity index (χ0v) is 15.5. The van der Waals surface area contributed by atoms with Crippen molar-refractivity contribution in [3.63, 3.8) is 0 Å². The molecule has 136 valence electrons. The highest BCUT2D eigenvalue weighted by molar-refractivity contribution is 5.86. The third kappa shape index (κ3) is 4.00. The molecule has 0 aromatic heterocycles. The number of hydrogen-bond donors (Lipinski definition) is 1. The molecule has 0 aliphatic carbocycles. The second kappa shape index (κ2) is 8.24. The molecule has 0 unspecified atom stereocenters. The average molecular weight is 350 g/mol. The number of fused-ring (bicyclic) bond motifs is 1. The predicted molar refractivity (Wildman–Crippen MR) is 107 cm³/mol. The Kier molecular flexibility index (Phi) is 5.79. The Balaban J connectivity index is 1.98. The van der Waals surface area contributed by atoms with Crippen molar-refractivity contribution >= 4 is 16.5 Å². The van der Waals surface area contributed by atoms with Crippen molar-refractivity contribution in [1.82, 2.24) is 9.80 Å². The summed E-state index contributed by atoms with van der Waals surface area (Å²) < 4.78 is 5.42. The van der Waals surface area contributed by atoms with Crippen molar-refractivity contribution in [2.24, 2.45) is 0 Å². The second-order valence-corrected chi connectivity index (χ2v) is 6.70. The number of rotatable bonds is 5. The maximum absolute atomic E-state index is 11.0. The SMILES string of the molecule is C=C=C(CN1CCOCC1)/C(=C(\O)c1ccc2ccccc2c1)N(C)C. The summed E-state index contributed by atoms with van der Waals surface area (Å²) in [5.74, 6) is 0.250. The van der Waals surface area contributed by atoms with Gasteiger partial charge in [-0.25, -0.2) is 0 Å². The van der Waals surface area contributed by atoms with Crippen molar-refractivity contribution in [2.75, 3.05) is 46.9 Å². The van der Waals surface area contributed by atoms with Crippen LogP contribution in [0, 0.1) is 0 Å². The van der Waals surface area contributed by atoms with E-state index in [0.29, 0.717) is 6.54 Å². The number of nitrogens with zero attached hydrogens (tertiary/aromatic N) is 2. The first-order valence-corrected chi connectivity index (χ1v) is 8.89. The number of aliphatic hydroxyl groups excluding tert-OH is 1. The van der Waals surface area contributed by atoms with Crippen molar-refractivity contribution in [3.8, 4) is 0 Å². The van der Waals surface area contributed by atoms with Crippen molar-refractivity contribution in [3.05, 3.63) is 71.6 Å². The van der Waals surface area contributed by atoms with Crippen LogP contribution in [0.25, 0.3) is 16.5 Å². The van der Waals surface area contributed by atoms with Crippen LogP contribution in [0.5, 0.6) is 0 Å². The van der Waals surface area contributed by atoms with Crippen molar-refractivity contribution < 1.29 is 9.84 Å². The lowest BCUT2D eigenvalue weighted by Gasteiger charge is -2.29. The molecule has 4 heteroatoms. The smallest absolute Gasteiger partial charge is 0.147 e. The summed E-state index contributed by atoms with van der Waals surface area (Å²) in [6.07, 6.45) is 0. The van der Waals surface area contributed by atoms with Crippen LogP contribution >= 0.6 is 0 Å². The summed E-state index contributed by atoms with van der Waals surface area (Å²) in [7, 11) is 3.87. The van der Waals surface area contributed by atoms with E-state index < -0.39 is 0 Å². The van der Waals surface area contributed by atoms with Gasteiger partial charge in [-0.15, -0.1) is 5.73 Å². The van der Waals surface area contributed by atoms with Crippen LogP contribution in [0.4, 0.5) is 0 Å². The molecule has 26 heavy (non-hydrogen) atoms. The first kappa shape index (κ1) is 18.3. The molecule has 0 bridgehead atoms. The third-order valence-electron chi connectivity index (χ3n) is 4.68. The van der Waals surface area contributed by atoms with Gasteiger partial charge in [-0.05, 0) is 16.8 Å². The van der Waals surface area contributed by atoms with Gasteiger partial charge in [-0.2, -0.15) is 0 Å². The molecule has 1 aliphatic rings. The quantitative estimate of drug-likeness (QED) is 0.507. The molecule has 1 N–H and O–H groups in total. The van der Waals surface area contributed by atoms with Crippen LogP contribution in [0.3, 0.4) is 0 Å². The summed E-state index contributed by atoms with van der Waals surface area (Å²) in [6.45, 7) is 7.79. The van der Waals surface area contributed by atoms with Gasteiger partial charge in [0.05, 0.1) is 18.9 Å². The predicted octanol–water partition coefficient (Wildman–Crippen LogP) is 3.67. The summed E-state index contributed by atoms with van der Waals surface area (Å²) in [4.78, 5) is 4.23. The van der Waals surface area contributed by atoms with Crippen molar-refractivity contribution in [1.29, 1.82) is 0 Å². The highest BCUT2D eigenvalue weighted by Crippen LogP contribution is 2.26. The molecular weight excluding hydrogens is 324 g/mol. The monoisotopic (exact) mass is 350 g/mol. The lowest BCUT2D eigenvalue weighted by atomic mass is 10.0. The van der Waals surface area contributed by atoms with Crippen LogP contribution in [0.1, 0.15) is 5.56 Å². The second-order valence-electron chi connectivity index (χ2n) is 6.70. The van der Waals surface area contributed by atoms with E-state index in [0.717, 1.165) is 53.9 Å². The normalized spacial score (nSPS) is 16.1. The fourth-order valence-electron chi connectivity index (χ4n) is 3.30. The molecule has 2 aromatic rings. The topological polar surface area (TPSA) is 35.9 Å². The maximum atomic E-state index is 11.0. The Morgan fingerprint density at radius 3 is 2.50 bits per heavy atom. The minimum atomic E-state index is 0.250. The number of morpholine rings is 1. The maximum Gasteiger partial charge on any atom is 0.147 e. The zero-order chi connectivity index (χ0) is 18.5.